The average Bonchev–Trinajstić information content (AvgIpc) is 2.32. The highest BCUT2D eigenvalue weighted by atomic mass is 28.3. The van der Waals surface area contributed by atoms with Crippen LogP contribution in [0.4, 0.5) is 0 Å². The number of carbonyl (C=O) groups is 1. The van der Waals surface area contributed by atoms with E-state index in [9.17, 15) is 4.79 Å². The Labute approximate surface area is 130 Å². The van der Waals surface area contributed by atoms with Crippen LogP contribution in [0.15, 0.2) is 24.3 Å². The van der Waals surface area contributed by atoms with Gasteiger partial charge in [0, 0.05) is 11.5 Å². The number of fused-ring (bicyclic) bond motifs is 1. The second-order valence-electron chi connectivity index (χ2n) is 7.64. The summed E-state index contributed by atoms with van der Waals surface area (Å²) in [6.45, 7) is 15.0. The standard InChI is InChI=1S/C17H26NO2Si/c1-16(2,3)14-12-10-8-9-11-13(12)15(19)18(17(14,4)5)20-21(6)7/h8-11,14H,1-7H3. The summed E-state index contributed by atoms with van der Waals surface area (Å²) in [4.78, 5) is 12.9. The number of hydrogen-bond acceptors (Lipinski definition) is 2. The minimum absolute atomic E-state index is 0.0118. The monoisotopic (exact) mass is 304 g/mol. The molecule has 1 unspecified atom stereocenters. The molecule has 0 fully saturated rings. The molecule has 3 nitrogen and oxygen atoms in total. The lowest BCUT2D eigenvalue weighted by Crippen LogP contribution is -2.58. The van der Waals surface area contributed by atoms with Crippen molar-refractivity contribution < 1.29 is 9.32 Å². The van der Waals surface area contributed by atoms with Crippen molar-refractivity contribution in [2.75, 3.05) is 0 Å². The lowest BCUT2D eigenvalue weighted by Gasteiger charge is -2.52. The van der Waals surface area contributed by atoms with Crippen molar-refractivity contribution in [3.8, 4) is 0 Å². The Kier molecular flexibility index (Phi) is 4.06. The van der Waals surface area contributed by atoms with Gasteiger partial charge in [-0.3, -0.25) is 4.79 Å². The molecule has 0 spiro atoms. The molecule has 115 valence electrons. The number of rotatable bonds is 2. The Morgan fingerprint density at radius 2 is 1.76 bits per heavy atom. The van der Waals surface area contributed by atoms with Crippen LogP contribution in [-0.2, 0) is 4.53 Å². The number of benzene rings is 1. The van der Waals surface area contributed by atoms with Gasteiger partial charge in [0.15, 0.2) is 0 Å². The van der Waals surface area contributed by atoms with E-state index in [1.165, 1.54) is 0 Å². The summed E-state index contributed by atoms with van der Waals surface area (Å²) in [7, 11) is -1.00. The third-order valence-electron chi connectivity index (χ3n) is 4.06. The molecule has 0 N–H and O–H groups in total. The van der Waals surface area contributed by atoms with Gasteiger partial charge in [0.1, 0.15) is 0 Å². The van der Waals surface area contributed by atoms with Crippen LogP contribution in [0.2, 0.25) is 13.1 Å². The molecule has 1 aromatic rings. The maximum atomic E-state index is 12.9. The zero-order valence-electron chi connectivity index (χ0n) is 14.2. The first kappa shape index (κ1) is 16.2. The molecule has 1 aromatic carbocycles. The van der Waals surface area contributed by atoms with Crippen LogP contribution in [0.5, 0.6) is 0 Å². The SMILES string of the molecule is C[Si](C)ON1C(=O)c2ccccc2C(C(C)(C)C)C1(C)C. The number of hydroxylamine groups is 2. The topological polar surface area (TPSA) is 29.5 Å². The summed E-state index contributed by atoms with van der Waals surface area (Å²) in [6.07, 6.45) is 0. The first-order chi connectivity index (χ1) is 9.56. The third kappa shape index (κ3) is 2.79. The first-order valence-electron chi connectivity index (χ1n) is 7.48. The van der Waals surface area contributed by atoms with Crippen LogP contribution in [-0.4, -0.2) is 25.5 Å². The third-order valence-corrected chi connectivity index (χ3v) is 4.60. The second-order valence-corrected chi connectivity index (χ2v) is 9.64. The Balaban J connectivity index is 2.64. The van der Waals surface area contributed by atoms with Crippen molar-refractivity contribution in [1.29, 1.82) is 0 Å². The normalized spacial score (nSPS) is 21.6. The molecular formula is C17H26NO2Si. The van der Waals surface area contributed by atoms with Crippen molar-refractivity contribution in [1.82, 2.24) is 5.06 Å². The van der Waals surface area contributed by atoms with E-state index >= 15 is 0 Å². The van der Waals surface area contributed by atoms with E-state index in [0.717, 1.165) is 11.1 Å². The summed E-state index contributed by atoms with van der Waals surface area (Å²) in [5.41, 5.74) is 1.59. The summed E-state index contributed by atoms with van der Waals surface area (Å²) in [6, 6.07) is 7.95. The van der Waals surface area contributed by atoms with Gasteiger partial charge in [0.25, 0.3) is 5.91 Å². The van der Waals surface area contributed by atoms with Gasteiger partial charge in [-0.05, 0) is 44.0 Å². The maximum absolute atomic E-state index is 12.9. The van der Waals surface area contributed by atoms with E-state index in [2.05, 4.69) is 53.8 Å². The Morgan fingerprint density at radius 1 is 1.19 bits per heavy atom. The van der Waals surface area contributed by atoms with Crippen LogP contribution >= 0.6 is 0 Å². The summed E-state index contributed by atoms with van der Waals surface area (Å²) in [5, 5.41) is 1.64. The van der Waals surface area contributed by atoms with Crippen molar-refractivity contribution >= 4 is 14.9 Å². The molecule has 1 aliphatic rings. The van der Waals surface area contributed by atoms with Crippen LogP contribution in [0, 0.1) is 5.41 Å². The largest absolute Gasteiger partial charge is 0.317 e. The van der Waals surface area contributed by atoms with Crippen molar-refractivity contribution in [2.45, 2.75) is 59.2 Å². The van der Waals surface area contributed by atoms with Crippen LogP contribution in [0.3, 0.4) is 0 Å². The predicted octanol–water partition coefficient (Wildman–Crippen LogP) is 4.23. The molecule has 1 heterocycles. The highest BCUT2D eigenvalue weighted by Gasteiger charge is 2.51. The quantitative estimate of drug-likeness (QED) is 0.765. The van der Waals surface area contributed by atoms with Gasteiger partial charge in [-0.2, -0.15) is 0 Å². The summed E-state index contributed by atoms with van der Waals surface area (Å²) < 4.78 is 5.99. The van der Waals surface area contributed by atoms with Gasteiger partial charge in [-0.15, -0.1) is 0 Å². The smallest absolute Gasteiger partial charge is 0.277 e. The Hall–Kier alpha value is -1.13. The minimum atomic E-state index is -1.00. The molecule has 0 saturated carbocycles. The van der Waals surface area contributed by atoms with E-state index in [1.54, 1.807) is 5.06 Å². The number of hydrogen-bond donors (Lipinski definition) is 0. The molecule has 0 aliphatic carbocycles. The second kappa shape index (κ2) is 5.25. The fourth-order valence-corrected chi connectivity index (χ4v) is 4.36. The molecule has 1 amide bonds. The molecule has 4 heteroatoms. The summed E-state index contributed by atoms with van der Waals surface area (Å²) in [5.74, 6) is 0.211. The van der Waals surface area contributed by atoms with E-state index in [-0.39, 0.29) is 22.8 Å². The molecule has 0 saturated heterocycles. The van der Waals surface area contributed by atoms with E-state index in [0.29, 0.717) is 0 Å². The van der Waals surface area contributed by atoms with Crippen LogP contribution in [0.1, 0.15) is 56.5 Å². The zero-order chi connectivity index (χ0) is 16.0. The fourth-order valence-electron chi connectivity index (χ4n) is 3.68. The maximum Gasteiger partial charge on any atom is 0.277 e. The van der Waals surface area contributed by atoms with E-state index < -0.39 is 9.04 Å². The molecule has 21 heavy (non-hydrogen) atoms. The Morgan fingerprint density at radius 3 is 2.29 bits per heavy atom. The number of nitrogens with zero attached hydrogens (tertiary/aromatic N) is 1. The average molecular weight is 304 g/mol. The summed E-state index contributed by atoms with van der Waals surface area (Å²) >= 11 is 0. The van der Waals surface area contributed by atoms with E-state index in [4.69, 9.17) is 4.53 Å². The lowest BCUT2D eigenvalue weighted by molar-refractivity contribution is -0.123. The van der Waals surface area contributed by atoms with Gasteiger partial charge in [-0.1, -0.05) is 39.0 Å². The van der Waals surface area contributed by atoms with Crippen molar-refractivity contribution in [3.05, 3.63) is 35.4 Å². The zero-order valence-corrected chi connectivity index (χ0v) is 15.2. The van der Waals surface area contributed by atoms with Gasteiger partial charge >= 0.3 is 0 Å². The molecule has 2 rings (SSSR count). The highest BCUT2D eigenvalue weighted by molar-refractivity contribution is 6.48. The van der Waals surface area contributed by atoms with E-state index in [1.807, 2.05) is 18.2 Å². The van der Waals surface area contributed by atoms with Gasteiger partial charge in [0.2, 0.25) is 9.04 Å². The van der Waals surface area contributed by atoms with Gasteiger partial charge < -0.3 is 4.53 Å². The minimum Gasteiger partial charge on any atom is -0.317 e. The molecular weight excluding hydrogens is 278 g/mol. The van der Waals surface area contributed by atoms with Gasteiger partial charge in [0.05, 0.1) is 5.54 Å². The van der Waals surface area contributed by atoms with Crippen LogP contribution < -0.4 is 0 Å². The highest BCUT2D eigenvalue weighted by Crippen LogP contribution is 2.50. The number of amides is 1. The number of carbonyl (C=O) groups excluding carboxylic acids is 1. The molecule has 1 radical (unpaired) electrons. The predicted molar refractivity (Wildman–Crippen MR) is 87.5 cm³/mol. The van der Waals surface area contributed by atoms with Crippen LogP contribution in [0.25, 0.3) is 0 Å². The molecule has 1 atom stereocenters. The van der Waals surface area contributed by atoms with Crippen molar-refractivity contribution in [3.63, 3.8) is 0 Å². The fraction of sp³-hybridized carbons (Fsp3) is 0.588. The van der Waals surface area contributed by atoms with Gasteiger partial charge in [-0.25, -0.2) is 5.06 Å². The molecule has 0 bridgehead atoms. The Bertz CT molecular complexity index is 546. The molecule has 1 aliphatic heterocycles. The first-order valence-corrected chi connectivity index (χ1v) is 9.89. The van der Waals surface area contributed by atoms with Crippen molar-refractivity contribution in [2.24, 2.45) is 5.41 Å². The lowest BCUT2D eigenvalue weighted by atomic mass is 9.64. The molecule has 0 aromatic heterocycles.